The fourth-order valence-corrected chi connectivity index (χ4v) is 2.48. The SMILES string of the molecule is N#Cc1ccc(Br)cc1NC(=O)c1cc(Cl)c(N)c(Cl)c1. The molecule has 0 fully saturated rings. The molecule has 0 atom stereocenters. The Kier molecular flexibility index (Phi) is 4.73. The minimum Gasteiger partial charge on any atom is -0.396 e. The molecule has 0 aliphatic heterocycles. The Labute approximate surface area is 139 Å². The van der Waals surface area contributed by atoms with Gasteiger partial charge < -0.3 is 11.1 Å². The molecule has 2 aromatic rings. The van der Waals surface area contributed by atoms with Crippen LogP contribution in [0.15, 0.2) is 34.8 Å². The molecular weight excluding hydrogens is 377 g/mol. The number of carbonyl (C=O) groups excluding carboxylic acids is 1. The van der Waals surface area contributed by atoms with Gasteiger partial charge >= 0.3 is 0 Å². The van der Waals surface area contributed by atoms with Crippen LogP contribution in [0.25, 0.3) is 0 Å². The number of hydrogen-bond donors (Lipinski definition) is 2. The summed E-state index contributed by atoms with van der Waals surface area (Å²) in [5.74, 6) is -0.437. The molecule has 21 heavy (non-hydrogen) atoms. The lowest BCUT2D eigenvalue weighted by Crippen LogP contribution is -2.13. The van der Waals surface area contributed by atoms with Crippen LogP contribution in [0.3, 0.4) is 0 Å². The first-order valence-electron chi connectivity index (χ1n) is 5.68. The highest BCUT2D eigenvalue weighted by Gasteiger charge is 2.13. The molecule has 106 valence electrons. The maximum Gasteiger partial charge on any atom is 0.255 e. The van der Waals surface area contributed by atoms with E-state index in [2.05, 4.69) is 21.2 Å². The second-order valence-corrected chi connectivity index (χ2v) is 5.84. The highest BCUT2D eigenvalue weighted by Crippen LogP contribution is 2.29. The van der Waals surface area contributed by atoms with E-state index in [1.807, 2.05) is 6.07 Å². The molecule has 0 aromatic heterocycles. The van der Waals surface area contributed by atoms with Crippen LogP contribution >= 0.6 is 39.1 Å². The van der Waals surface area contributed by atoms with Crippen molar-refractivity contribution < 1.29 is 4.79 Å². The topological polar surface area (TPSA) is 78.9 Å². The largest absolute Gasteiger partial charge is 0.396 e. The number of nitrogens with two attached hydrogens (primary N) is 1. The third-order valence-electron chi connectivity index (χ3n) is 2.69. The Morgan fingerprint density at radius 3 is 2.43 bits per heavy atom. The van der Waals surface area contributed by atoms with Crippen LogP contribution in [-0.4, -0.2) is 5.91 Å². The van der Waals surface area contributed by atoms with Crippen LogP contribution in [0.5, 0.6) is 0 Å². The number of nitrogen functional groups attached to an aromatic ring is 1. The van der Waals surface area contributed by atoms with Crippen molar-refractivity contribution >= 4 is 56.4 Å². The summed E-state index contributed by atoms with van der Waals surface area (Å²) < 4.78 is 0.741. The predicted octanol–water partition coefficient (Wildman–Crippen LogP) is 4.46. The average molecular weight is 385 g/mol. The van der Waals surface area contributed by atoms with Crippen LogP contribution in [-0.2, 0) is 0 Å². The molecule has 0 unspecified atom stereocenters. The molecule has 1 amide bonds. The number of amides is 1. The van der Waals surface area contributed by atoms with E-state index < -0.39 is 5.91 Å². The molecule has 0 aliphatic carbocycles. The van der Waals surface area contributed by atoms with E-state index in [9.17, 15) is 4.79 Å². The summed E-state index contributed by atoms with van der Waals surface area (Å²) in [4.78, 5) is 12.2. The molecule has 0 heterocycles. The lowest BCUT2D eigenvalue weighted by atomic mass is 10.1. The normalized spacial score (nSPS) is 10.0. The summed E-state index contributed by atoms with van der Waals surface area (Å²) in [5.41, 5.74) is 6.83. The number of hydrogen-bond acceptors (Lipinski definition) is 3. The first kappa shape index (κ1) is 15.6. The van der Waals surface area contributed by atoms with E-state index in [-0.39, 0.29) is 21.3 Å². The van der Waals surface area contributed by atoms with Gasteiger partial charge in [0.15, 0.2) is 0 Å². The molecule has 0 saturated carbocycles. The molecule has 0 aliphatic rings. The van der Waals surface area contributed by atoms with Gasteiger partial charge in [-0.1, -0.05) is 39.1 Å². The number of nitrogens with zero attached hydrogens (tertiary/aromatic N) is 1. The zero-order valence-corrected chi connectivity index (χ0v) is 13.6. The Hall–Kier alpha value is -1.74. The second kappa shape index (κ2) is 6.35. The smallest absolute Gasteiger partial charge is 0.255 e. The number of carbonyl (C=O) groups is 1. The average Bonchev–Trinajstić information content (AvgIpc) is 2.44. The number of benzene rings is 2. The zero-order valence-electron chi connectivity index (χ0n) is 10.5. The van der Waals surface area contributed by atoms with Crippen molar-refractivity contribution in [2.75, 3.05) is 11.1 Å². The van der Waals surface area contributed by atoms with Gasteiger partial charge in [-0.3, -0.25) is 4.79 Å². The predicted molar refractivity (Wildman–Crippen MR) is 87.7 cm³/mol. The summed E-state index contributed by atoms with van der Waals surface area (Å²) in [6.45, 7) is 0. The summed E-state index contributed by atoms with van der Waals surface area (Å²) in [5, 5.41) is 12.1. The van der Waals surface area contributed by atoms with E-state index in [0.29, 0.717) is 11.3 Å². The van der Waals surface area contributed by atoms with Gasteiger partial charge in [-0.05, 0) is 30.3 Å². The third kappa shape index (κ3) is 3.48. The lowest BCUT2D eigenvalue weighted by molar-refractivity contribution is 0.102. The van der Waals surface area contributed by atoms with Gasteiger partial charge in [0.1, 0.15) is 6.07 Å². The second-order valence-electron chi connectivity index (χ2n) is 4.11. The zero-order chi connectivity index (χ0) is 15.6. The minimum atomic E-state index is -0.437. The van der Waals surface area contributed by atoms with E-state index in [1.54, 1.807) is 18.2 Å². The van der Waals surface area contributed by atoms with Crippen molar-refractivity contribution in [1.29, 1.82) is 5.26 Å². The van der Waals surface area contributed by atoms with E-state index >= 15 is 0 Å². The summed E-state index contributed by atoms with van der Waals surface area (Å²) in [6.07, 6.45) is 0. The lowest BCUT2D eigenvalue weighted by Gasteiger charge is -2.09. The first-order chi connectivity index (χ1) is 9.92. The molecule has 2 aromatic carbocycles. The van der Waals surface area contributed by atoms with Gasteiger partial charge in [-0.2, -0.15) is 5.26 Å². The van der Waals surface area contributed by atoms with E-state index in [4.69, 9.17) is 34.2 Å². The van der Waals surface area contributed by atoms with Gasteiger partial charge in [-0.25, -0.2) is 0 Å². The van der Waals surface area contributed by atoms with Crippen LogP contribution in [0.2, 0.25) is 10.0 Å². The molecule has 0 saturated heterocycles. The van der Waals surface area contributed by atoms with E-state index in [0.717, 1.165) is 4.47 Å². The van der Waals surface area contributed by atoms with Crippen LogP contribution < -0.4 is 11.1 Å². The van der Waals surface area contributed by atoms with Gasteiger partial charge in [-0.15, -0.1) is 0 Å². The number of nitrogens with one attached hydrogen (secondary N) is 1. The maximum atomic E-state index is 12.2. The fourth-order valence-electron chi connectivity index (χ4n) is 1.63. The maximum absolute atomic E-state index is 12.2. The number of nitriles is 1. The van der Waals surface area contributed by atoms with Crippen LogP contribution in [0.4, 0.5) is 11.4 Å². The van der Waals surface area contributed by atoms with Crippen molar-refractivity contribution in [3.8, 4) is 6.07 Å². The Morgan fingerprint density at radius 1 is 1.24 bits per heavy atom. The number of halogens is 3. The number of anilines is 2. The fraction of sp³-hybridized carbons (Fsp3) is 0. The van der Waals surface area contributed by atoms with Crippen molar-refractivity contribution in [3.05, 3.63) is 56.0 Å². The Bertz CT molecular complexity index is 748. The Balaban J connectivity index is 2.35. The van der Waals surface area contributed by atoms with Crippen molar-refractivity contribution in [2.45, 2.75) is 0 Å². The van der Waals surface area contributed by atoms with Gasteiger partial charge in [0.05, 0.1) is 27.0 Å². The summed E-state index contributed by atoms with van der Waals surface area (Å²) in [7, 11) is 0. The summed E-state index contributed by atoms with van der Waals surface area (Å²) in [6, 6.07) is 9.79. The van der Waals surface area contributed by atoms with Gasteiger partial charge in [0, 0.05) is 10.0 Å². The van der Waals surface area contributed by atoms with Crippen molar-refractivity contribution in [2.24, 2.45) is 0 Å². The molecule has 3 N–H and O–H groups in total. The minimum absolute atomic E-state index is 0.197. The molecule has 7 heteroatoms. The molecule has 0 bridgehead atoms. The van der Waals surface area contributed by atoms with Crippen molar-refractivity contribution in [1.82, 2.24) is 0 Å². The monoisotopic (exact) mass is 383 g/mol. The Morgan fingerprint density at radius 2 is 1.86 bits per heavy atom. The standard InChI is InChI=1S/C14H8BrCl2N3O/c15-9-2-1-7(6-18)12(5-9)20-14(21)8-3-10(16)13(19)11(17)4-8/h1-5H,19H2,(H,20,21). The van der Waals surface area contributed by atoms with Gasteiger partial charge in [0.2, 0.25) is 0 Å². The highest BCUT2D eigenvalue weighted by molar-refractivity contribution is 9.10. The molecule has 0 spiro atoms. The third-order valence-corrected chi connectivity index (χ3v) is 3.81. The molecule has 2 rings (SSSR count). The highest BCUT2D eigenvalue weighted by atomic mass is 79.9. The molecular formula is C14H8BrCl2N3O. The van der Waals surface area contributed by atoms with Crippen molar-refractivity contribution in [3.63, 3.8) is 0 Å². The van der Waals surface area contributed by atoms with E-state index in [1.165, 1.54) is 12.1 Å². The quantitative estimate of drug-likeness (QED) is 0.750. The molecule has 4 nitrogen and oxygen atoms in total. The molecule has 0 radical (unpaired) electrons. The first-order valence-corrected chi connectivity index (χ1v) is 7.23. The van der Waals surface area contributed by atoms with Crippen LogP contribution in [0.1, 0.15) is 15.9 Å². The van der Waals surface area contributed by atoms with Crippen LogP contribution in [0, 0.1) is 11.3 Å². The summed E-state index contributed by atoms with van der Waals surface area (Å²) >= 11 is 15.1. The van der Waals surface area contributed by atoms with Gasteiger partial charge in [0.25, 0.3) is 5.91 Å². The number of rotatable bonds is 2.